The number of likely N-dealkylation sites (tertiary alicyclic amines) is 1. The minimum atomic E-state index is -0.317. The molecule has 6 nitrogen and oxygen atoms in total. The molecule has 2 heterocycles. The lowest BCUT2D eigenvalue weighted by molar-refractivity contribution is 0.0933. The summed E-state index contributed by atoms with van der Waals surface area (Å²) in [5.41, 5.74) is 0.909. The van der Waals surface area contributed by atoms with E-state index in [2.05, 4.69) is 15.2 Å². The number of rotatable bonds is 7. The van der Waals surface area contributed by atoms with Crippen LogP contribution in [-0.4, -0.2) is 49.6 Å². The number of pyridine rings is 1. The number of nitrogens with one attached hydrogen (secondary N) is 1. The van der Waals surface area contributed by atoms with Crippen molar-refractivity contribution in [1.82, 2.24) is 15.2 Å². The Hall–Kier alpha value is -2.67. The third-order valence-electron chi connectivity index (χ3n) is 4.78. The van der Waals surface area contributed by atoms with Crippen LogP contribution in [0.3, 0.4) is 0 Å². The van der Waals surface area contributed by atoms with E-state index in [1.807, 2.05) is 6.07 Å². The van der Waals surface area contributed by atoms with E-state index in [9.17, 15) is 9.18 Å². The molecule has 0 radical (unpaired) electrons. The molecule has 1 fully saturated rings. The van der Waals surface area contributed by atoms with Gasteiger partial charge in [-0.25, -0.2) is 4.39 Å². The Labute approximate surface area is 158 Å². The van der Waals surface area contributed by atoms with E-state index in [1.54, 1.807) is 24.3 Å². The monoisotopic (exact) mass is 373 g/mol. The first kappa shape index (κ1) is 19.1. The second-order valence-corrected chi connectivity index (χ2v) is 6.40. The van der Waals surface area contributed by atoms with Crippen LogP contribution in [0.1, 0.15) is 34.8 Å². The van der Waals surface area contributed by atoms with E-state index in [4.69, 9.17) is 9.47 Å². The fourth-order valence-corrected chi connectivity index (χ4v) is 3.38. The highest BCUT2D eigenvalue weighted by Crippen LogP contribution is 2.27. The summed E-state index contributed by atoms with van der Waals surface area (Å²) in [6.07, 6.45) is 2.16. The maximum atomic E-state index is 14.4. The molecular formula is C20H24FN3O3. The molecule has 3 rings (SSSR count). The SMILES string of the molecule is COc1ccc(C(=O)NC[C@H](c2ccccc2F)N2CCCC2)c(OC)n1. The second-order valence-electron chi connectivity index (χ2n) is 6.40. The highest BCUT2D eigenvalue weighted by Gasteiger charge is 2.26. The molecule has 1 amide bonds. The van der Waals surface area contributed by atoms with Crippen LogP contribution >= 0.6 is 0 Å². The normalized spacial score (nSPS) is 15.4. The minimum absolute atomic E-state index is 0.190. The van der Waals surface area contributed by atoms with Gasteiger partial charge in [0.1, 0.15) is 11.4 Å². The Morgan fingerprint density at radius 3 is 2.59 bits per heavy atom. The number of carbonyl (C=O) groups excluding carboxylic acids is 1. The molecule has 1 aromatic carbocycles. The largest absolute Gasteiger partial charge is 0.481 e. The number of nitrogens with zero attached hydrogens (tertiary/aromatic N) is 2. The smallest absolute Gasteiger partial charge is 0.256 e. The molecule has 7 heteroatoms. The van der Waals surface area contributed by atoms with Crippen LogP contribution in [0, 0.1) is 5.82 Å². The third-order valence-corrected chi connectivity index (χ3v) is 4.78. The molecule has 27 heavy (non-hydrogen) atoms. The summed E-state index contributed by atoms with van der Waals surface area (Å²) in [7, 11) is 2.95. The highest BCUT2D eigenvalue weighted by molar-refractivity contribution is 5.96. The number of hydrogen-bond acceptors (Lipinski definition) is 5. The van der Waals surface area contributed by atoms with Crippen LogP contribution in [0.15, 0.2) is 36.4 Å². The van der Waals surface area contributed by atoms with Crippen LogP contribution in [-0.2, 0) is 0 Å². The number of amides is 1. The molecule has 1 saturated heterocycles. The molecule has 1 N–H and O–H groups in total. The van der Waals surface area contributed by atoms with Crippen molar-refractivity contribution in [2.24, 2.45) is 0 Å². The Morgan fingerprint density at radius 1 is 1.19 bits per heavy atom. The van der Waals surface area contributed by atoms with Gasteiger partial charge < -0.3 is 14.8 Å². The Balaban J connectivity index is 1.77. The van der Waals surface area contributed by atoms with Gasteiger partial charge in [-0.15, -0.1) is 0 Å². The number of halogens is 1. The lowest BCUT2D eigenvalue weighted by Gasteiger charge is -2.28. The molecule has 1 aromatic heterocycles. The molecule has 1 atom stereocenters. The Bertz CT molecular complexity index is 794. The van der Waals surface area contributed by atoms with Crippen LogP contribution in [0.25, 0.3) is 0 Å². The average molecular weight is 373 g/mol. The van der Waals surface area contributed by atoms with Crippen LogP contribution in [0.2, 0.25) is 0 Å². The van der Waals surface area contributed by atoms with Gasteiger partial charge in [0.05, 0.1) is 20.3 Å². The zero-order valence-electron chi connectivity index (χ0n) is 15.6. The first-order chi connectivity index (χ1) is 13.1. The summed E-state index contributed by atoms with van der Waals surface area (Å²) < 4.78 is 24.6. The van der Waals surface area contributed by atoms with Crippen molar-refractivity contribution >= 4 is 5.91 Å². The minimum Gasteiger partial charge on any atom is -0.481 e. The summed E-state index contributed by atoms with van der Waals surface area (Å²) in [6, 6.07) is 9.72. The molecule has 144 valence electrons. The predicted molar refractivity (Wildman–Crippen MR) is 99.6 cm³/mol. The standard InChI is InChI=1S/C20H24FN3O3/c1-26-18-10-9-15(20(23-18)27-2)19(25)22-13-17(24-11-5-6-12-24)14-7-3-4-8-16(14)21/h3-4,7-10,17H,5-6,11-13H2,1-2H3,(H,22,25)/t17-/m1/s1. The fraction of sp³-hybridized carbons (Fsp3) is 0.400. The van der Waals surface area contributed by atoms with Gasteiger partial charge in [-0.1, -0.05) is 18.2 Å². The van der Waals surface area contributed by atoms with Crippen molar-refractivity contribution in [3.63, 3.8) is 0 Å². The predicted octanol–water partition coefficient (Wildman–Crippen LogP) is 2.80. The first-order valence-electron chi connectivity index (χ1n) is 8.99. The first-order valence-corrected chi connectivity index (χ1v) is 8.99. The van der Waals surface area contributed by atoms with Crippen molar-refractivity contribution in [3.05, 3.63) is 53.3 Å². The molecular weight excluding hydrogens is 349 g/mol. The zero-order chi connectivity index (χ0) is 19.2. The lowest BCUT2D eigenvalue weighted by atomic mass is 10.0. The number of hydrogen-bond donors (Lipinski definition) is 1. The number of carbonyl (C=O) groups is 1. The number of ether oxygens (including phenoxy) is 2. The van der Waals surface area contributed by atoms with Crippen LogP contribution in [0.4, 0.5) is 4.39 Å². The topological polar surface area (TPSA) is 63.7 Å². The van der Waals surface area contributed by atoms with Crippen LogP contribution < -0.4 is 14.8 Å². The number of benzene rings is 1. The fourth-order valence-electron chi connectivity index (χ4n) is 3.38. The van der Waals surface area contributed by atoms with Gasteiger partial charge in [0.15, 0.2) is 0 Å². The number of methoxy groups -OCH3 is 2. The van der Waals surface area contributed by atoms with Crippen molar-refractivity contribution in [3.8, 4) is 11.8 Å². The summed E-state index contributed by atoms with van der Waals surface area (Å²) in [5.74, 6) is -0.0185. The van der Waals surface area contributed by atoms with E-state index in [1.165, 1.54) is 20.3 Å². The summed E-state index contributed by atoms with van der Waals surface area (Å²) in [5, 5.41) is 2.91. The number of aromatic nitrogens is 1. The summed E-state index contributed by atoms with van der Waals surface area (Å²) >= 11 is 0. The molecule has 1 aliphatic rings. The van der Waals surface area contributed by atoms with Crippen molar-refractivity contribution < 1.29 is 18.7 Å². The van der Waals surface area contributed by atoms with Gasteiger partial charge in [-0.2, -0.15) is 4.98 Å². The van der Waals surface area contributed by atoms with Gasteiger partial charge in [-0.3, -0.25) is 9.69 Å². The molecule has 1 aliphatic heterocycles. The van der Waals surface area contributed by atoms with Gasteiger partial charge in [0.25, 0.3) is 5.91 Å². The average Bonchev–Trinajstić information content (AvgIpc) is 3.23. The van der Waals surface area contributed by atoms with E-state index in [0.717, 1.165) is 25.9 Å². The molecule has 2 aromatic rings. The maximum absolute atomic E-state index is 14.4. The Kier molecular flexibility index (Phi) is 6.24. The zero-order valence-corrected chi connectivity index (χ0v) is 15.6. The molecule has 0 bridgehead atoms. The van der Waals surface area contributed by atoms with Gasteiger partial charge in [0.2, 0.25) is 11.8 Å². The van der Waals surface area contributed by atoms with E-state index >= 15 is 0 Å². The van der Waals surface area contributed by atoms with Crippen molar-refractivity contribution in [2.75, 3.05) is 33.9 Å². The molecule has 0 aliphatic carbocycles. The van der Waals surface area contributed by atoms with E-state index in [-0.39, 0.29) is 23.6 Å². The molecule has 0 saturated carbocycles. The van der Waals surface area contributed by atoms with Gasteiger partial charge >= 0.3 is 0 Å². The van der Waals surface area contributed by atoms with E-state index < -0.39 is 0 Å². The van der Waals surface area contributed by atoms with Crippen molar-refractivity contribution in [1.29, 1.82) is 0 Å². The van der Waals surface area contributed by atoms with E-state index in [0.29, 0.717) is 23.6 Å². The lowest BCUT2D eigenvalue weighted by Crippen LogP contribution is -2.37. The summed E-state index contributed by atoms with van der Waals surface area (Å²) in [6.45, 7) is 2.08. The maximum Gasteiger partial charge on any atom is 0.256 e. The summed E-state index contributed by atoms with van der Waals surface area (Å²) in [4.78, 5) is 19.0. The molecule has 0 spiro atoms. The van der Waals surface area contributed by atoms with Gasteiger partial charge in [-0.05, 0) is 38.1 Å². The quantitative estimate of drug-likeness (QED) is 0.809. The van der Waals surface area contributed by atoms with Crippen LogP contribution in [0.5, 0.6) is 11.8 Å². The Morgan fingerprint density at radius 2 is 1.93 bits per heavy atom. The second kappa shape index (κ2) is 8.81. The van der Waals surface area contributed by atoms with Crippen molar-refractivity contribution in [2.45, 2.75) is 18.9 Å². The highest BCUT2D eigenvalue weighted by atomic mass is 19.1. The van der Waals surface area contributed by atoms with Gasteiger partial charge in [0, 0.05) is 18.2 Å². The molecule has 0 unspecified atom stereocenters. The third kappa shape index (κ3) is 4.36.